The molecule has 0 atom stereocenters. The summed E-state index contributed by atoms with van der Waals surface area (Å²) in [5, 5.41) is 12.8. The molecule has 0 saturated carbocycles. The number of ether oxygens (including phenoxy) is 1. The molecule has 0 unspecified atom stereocenters. The van der Waals surface area contributed by atoms with Crippen LogP contribution in [0.25, 0.3) is 10.9 Å². The average Bonchev–Trinajstić information content (AvgIpc) is 2.74. The molecule has 1 aliphatic rings. The summed E-state index contributed by atoms with van der Waals surface area (Å²) in [7, 11) is 3.92. The monoisotopic (exact) mass is 394 g/mol. The van der Waals surface area contributed by atoms with Crippen molar-refractivity contribution in [1.29, 1.82) is 0 Å². The van der Waals surface area contributed by atoms with Gasteiger partial charge in [0.15, 0.2) is 5.75 Å². The molecule has 1 fully saturated rings. The van der Waals surface area contributed by atoms with Crippen molar-refractivity contribution in [1.82, 2.24) is 19.9 Å². The predicted octanol–water partition coefficient (Wildman–Crippen LogP) is 3.26. The number of rotatable bonds is 5. The lowest BCUT2D eigenvalue weighted by Gasteiger charge is -2.35. The van der Waals surface area contributed by atoms with Gasteiger partial charge in [0.2, 0.25) is 5.82 Å². The highest BCUT2D eigenvalue weighted by Crippen LogP contribution is 2.38. The lowest BCUT2D eigenvalue weighted by Crippen LogP contribution is -2.42. The third-order valence-corrected chi connectivity index (χ3v) is 5.32. The maximum absolute atomic E-state index is 11.9. The van der Waals surface area contributed by atoms with Crippen molar-refractivity contribution in [3.8, 4) is 11.6 Å². The van der Waals surface area contributed by atoms with Gasteiger partial charge in [-0.1, -0.05) is 18.2 Å². The summed E-state index contributed by atoms with van der Waals surface area (Å²) in [6.07, 6.45) is 4.79. The average molecular weight is 394 g/mol. The molecule has 3 aromatic rings. The van der Waals surface area contributed by atoms with Gasteiger partial charge in [0.1, 0.15) is 11.8 Å². The molecular formula is C20H22N6O3. The van der Waals surface area contributed by atoms with Gasteiger partial charge in [-0.2, -0.15) is 4.98 Å². The van der Waals surface area contributed by atoms with E-state index in [2.05, 4.69) is 26.9 Å². The van der Waals surface area contributed by atoms with Crippen molar-refractivity contribution in [2.45, 2.75) is 18.9 Å². The zero-order valence-corrected chi connectivity index (χ0v) is 16.4. The van der Waals surface area contributed by atoms with E-state index in [1.165, 1.54) is 6.33 Å². The number of piperidine rings is 1. The maximum atomic E-state index is 11.9. The van der Waals surface area contributed by atoms with Crippen molar-refractivity contribution in [3.63, 3.8) is 0 Å². The van der Waals surface area contributed by atoms with E-state index in [1.54, 1.807) is 12.3 Å². The largest absolute Gasteiger partial charge is 0.431 e. The number of likely N-dealkylation sites (tertiary alicyclic amines) is 1. The second-order valence-corrected chi connectivity index (χ2v) is 7.19. The molecule has 150 valence electrons. The molecule has 0 N–H and O–H groups in total. The summed E-state index contributed by atoms with van der Waals surface area (Å²) < 4.78 is 5.89. The Morgan fingerprint density at radius 1 is 1.17 bits per heavy atom. The third kappa shape index (κ3) is 3.81. The molecule has 0 spiro atoms. The number of aromatic nitrogens is 3. The summed E-state index contributed by atoms with van der Waals surface area (Å²) >= 11 is 0. The van der Waals surface area contributed by atoms with E-state index in [-0.39, 0.29) is 23.4 Å². The molecular weight excluding hydrogens is 372 g/mol. The number of hydrogen-bond acceptors (Lipinski definition) is 8. The standard InChI is InChI=1S/C20H22N6O3/c1-24-11-8-15(9-12-24)25(2)19-18(26(27)28)20(23-13-22-19)29-16-7-3-5-14-6-4-10-21-17(14)16/h3-7,10,13,15H,8-9,11-12H2,1-2H3. The van der Waals surface area contributed by atoms with Gasteiger partial charge in [-0.3, -0.25) is 15.1 Å². The Labute approximate surface area is 168 Å². The second kappa shape index (κ2) is 7.96. The van der Waals surface area contributed by atoms with E-state index in [1.807, 2.05) is 36.2 Å². The Bertz CT molecular complexity index is 1030. The van der Waals surface area contributed by atoms with Crippen LogP contribution in [-0.2, 0) is 0 Å². The van der Waals surface area contributed by atoms with Crippen LogP contribution in [0.3, 0.4) is 0 Å². The van der Waals surface area contributed by atoms with Crippen LogP contribution in [-0.4, -0.2) is 58.0 Å². The number of hydrogen-bond donors (Lipinski definition) is 0. The van der Waals surface area contributed by atoms with Crippen molar-refractivity contribution < 1.29 is 9.66 Å². The van der Waals surface area contributed by atoms with E-state index in [4.69, 9.17) is 4.74 Å². The molecule has 0 radical (unpaired) electrons. The Morgan fingerprint density at radius 2 is 1.93 bits per heavy atom. The molecule has 1 aliphatic heterocycles. The number of para-hydroxylation sites is 1. The smallest absolute Gasteiger partial charge is 0.373 e. The lowest BCUT2D eigenvalue weighted by atomic mass is 10.0. The molecule has 0 bridgehead atoms. The molecule has 29 heavy (non-hydrogen) atoms. The van der Waals surface area contributed by atoms with Crippen molar-refractivity contribution in [3.05, 3.63) is 53.0 Å². The fourth-order valence-corrected chi connectivity index (χ4v) is 3.66. The Balaban J connectivity index is 1.71. The van der Waals surface area contributed by atoms with Gasteiger partial charge in [-0.15, -0.1) is 0 Å². The highest BCUT2D eigenvalue weighted by atomic mass is 16.6. The van der Waals surface area contributed by atoms with Gasteiger partial charge < -0.3 is 14.5 Å². The predicted molar refractivity (Wildman–Crippen MR) is 109 cm³/mol. The molecule has 1 aromatic carbocycles. The Kier molecular flexibility index (Phi) is 5.22. The first-order valence-corrected chi connectivity index (χ1v) is 9.47. The van der Waals surface area contributed by atoms with E-state index >= 15 is 0 Å². The summed E-state index contributed by atoms with van der Waals surface area (Å²) in [5.74, 6) is 0.596. The molecule has 2 aromatic heterocycles. The molecule has 4 rings (SSSR count). The Hall–Kier alpha value is -3.33. The van der Waals surface area contributed by atoms with Gasteiger partial charge in [0.05, 0.1) is 4.92 Å². The number of nitro groups is 1. The zero-order valence-electron chi connectivity index (χ0n) is 16.4. The molecule has 9 heteroatoms. The van der Waals surface area contributed by atoms with Crippen LogP contribution in [0.15, 0.2) is 42.9 Å². The SMILES string of the molecule is CN1CCC(N(C)c2ncnc(Oc3cccc4cccnc34)c2[N+](=O)[O-])CC1. The first kappa shape index (κ1) is 19.0. The normalized spacial score (nSPS) is 15.4. The summed E-state index contributed by atoms with van der Waals surface area (Å²) in [4.78, 5) is 28.2. The molecule has 0 aliphatic carbocycles. The summed E-state index contributed by atoms with van der Waals surface area (Å²) in [6, 6.07) is 9.35. The van der Waals surface area contributed by atoms with E-state index in [9.17, 15) is 10.1 Å². The van der Waals surface area contributed by atoms with Gasteiger partial charge in [0.25, 0.3) is 0 Å². The van der Waals surface area contributed by atoms with Gasteiger partial charge in [-0.25, -0.2) is 4.98 Å². The van der Waals surface area contributed by atoms with Crippen LogP contribution in [0.4, 0.5) is 11.5 Å². The zero-order chi connectivity index (χ0) is 20.4. The fraction of sp³-hybridized carbons (Fsp3) is 0.350. The van der Waals surface area contributed by atoms with Gasteiger partial charge >= 0.3 is 11.6 Å². The first-order valence-electron chi connectivity index (χ1n) is 9.47. The quantitative estimate of drug-likeness (QED) is 0.480. The molecule has 1 saturated heterocycles. The Morgan fingerprint density at radius 3 is 2.69 bits per heavy atom. The number of pyridine rings is 1. The molecule has 9 nitrogen and oxygen atoms in total. The minimum atomic E-state index is -0.478. The van der Waals surface area contributed by atoms with Crippen LogP contribution in [0.2, 0.25) is 0 Å². The molecule has 0 amide bonds. The summed E-state index contributed by atoms with van der Waals surface area (Å²) in [6.45, 7) is 1.89. The van der Waals surface area contributed by atoms with Crippen molar-refractivity contribution >= 4 is 22.4 Å². The summed E-state index contributed by atoms with van der Waals surface area (Å²) in [5.41, 5.74) is 0.384. The second-order valence-electron chi connectivity index (χ2n) is 7.19. The van der Waals surface area contributed by atoms with Crippen LogP contribution in [0, 0.1) is 10.1 Å². The minimum Gasteiger partial charge on any atom is -0.431 e. The maximum Gasteiger partial charge on any atom is 0.373 e. The minimum absolute atomic E-state index is 0.0852. The number of anilines is 1. The van der Waals surface area contributed by atoms with E-state index in [0.29, 0.717) is 11.3 Å². The van der Waals surface area contributed by atoms with Crippen molar-refractivity contribution in [2.24, 2.45) is 0 Å². The van der Waals surface area contributed by atoms with E-state index < -0.39 is 4.92 Å². The van der Waals surface area contributed by atoms with Gasteiger partial charge in [-0.05, 0) is 45.1 Å². The lowest BCUT2D eigenvalue weighted by molar-refractivity contribution is -0.385. The first-order chi connectivity index (χ1) is 14.0. The highest BCUT2D eigenvalue weighted by Gasteiger charge is 2.31. The molecule has 3 heterocycles. The van der Waals surface area contributed by atoms with Crippen LogP contribution < -0.4 is 9.64 Å². The topological polar surface area (TPSA) is 97.5 Å². The van der Waals surface area contributed by atoms with E-state index in [0.717, 1.165) is 31.3 Å². The van der Waals surface area contributed by atoms with Crippen molar-refractivity contribution in [2.75, 3.05) is 32.1 Å². The number of nitrogens with zero attached hydrogens (tertiary/aromatic N) is 6. The highest BCUT2D eigenvalue weighted by molar-refractivity contribution is 5.84. The number of benzene rings is 1. The number of fused-ring (bicyclic) bond motifs is 1. The third-order valence-electron chi connectivity index (χ3n) is 5.32. The van der Waals surface area contributed by atoms with Crippen LogP contribution >= 0.6 is 0 Å². The van der Waals surface area contributed by atoms with Crippen LogP contribution in [0.1, 0.15) is 12.8 Å². The van der Waals surface area contributed by atoms with Crippen LogP contribution in [0.5, 0.6) is 11.6 Å². The fourth-order valence-electron chi connectivity index (χ4n) is 3.66. The van der Waals surface area contributed by atoms with Gasteiger partial charge in [0, 0.05) is 24.7 Å².